The second kappa shape index (κ2) is 10.4. The van der Waals surface area contributed by atoms with Crippen molar-refractivity contribution in [2.24, 2.45) is 0 Å². The van der Waals surface area contributed by atoms with Crippen LogP contribution in [-0.4, -0.2) is 48.9 Å². The van der Waals surface area contributed by atoms with E-state index in [2.05, 4.69) is 17.0 Å². The zero-order valence-electron chi connectivity index (χ0n) is 20.9. The maximum Gasteiger partial charge on any atom is 0.243 e. The Labute approximate surface area is 217 Å². The molecule has 0 unspecified atom stereocenters. The molecule has 1 saturated heterocycles. The second-order valence-electron chi connectivity index (χ2n) is 9.31. The Balaban J connectivity index is 1.46. The summed E-state index contributed by atoms with van der Waals surface area (Å²) in [6, 6.07) is 23.3. The van der Waals surface area contributed by atoms with Crippen LogP contribution in [0.15, 0.2) is 83.8 Å². The van der Waals surface area contributed by atoms with Gasteiger partial charge in [0.25, 0.3) is 0 Å². The number of hydrogen-bond donors (Lipinski definition) is 0. The summed E-state index contributed by atoms with van der Waals surface area (Å²) < 4.78 is 41.9. The number of anilines is 1. The van der Waals surface area contributed by atoms with Gasteiger partial charge in [-0.25, -0.2) is 22.8 Å². The van der Waals surface area contributed by atoms with E-state index in [1.54, 1.807) is 24.3 Å². The molecule has 1 aromatic heterocycles. The molecule has 2 heterocycles. The minimum absolute atomic E-state index is 0.308. The summed E-state index contributed by atoms with van der Waals surface area (Å²) in [5.41, 5.74) is 4.57. The van der Waals surface area contributed by atoms with Gasteiger partial charge in [0.1, 0.15) is 11.6 Å². The molecule has 6 nitrogen and oxygen atoms in total. The molecule has 1 aliphatic heterocycles. The van der Waals surface area contributed by atoms with Crippen molar-refractivity contribution < 1.29 is 12.8 Å². The fraction of sp³-hybridized carbons (Fsp3) is 0.241. The Morgan fingerprint density at radius 3 is 2.22 bits per heavy atom. The van der Waals surface area contributed by atoms with Crippen LogP contribution < -0.4 is 4.90 Å². The minimum atomic E-state index is -3.57. The van der Waals surface area contributed by atoms with E-state index in [0.717, 1.165) is 28.2 Å². The molecular weight excluding hydrogens is 487 g/mol. The number of rotatable bonds is 6. The van der Waals surface area contributed by atoms with Crippen molar-refractivity contribution in [3.8, 4) is 11.4 Å². The molecule has 0 saturated carbocycles. The summed E-state index contributed by atoms with van der Waals surface area (Å²) in [6.45, 7) is 5.56. The molecular formula is C29H29FN4O2S. The first-order valence-corrected chi connectivity index (χ1v) is 13.7. The van der Waals surface area contributed by atoms with Crippen LogP contribution in [0.25, 0.3) is 11.4 Å². The zero-order valence-corrected chi connectivity index (χ0v) is 21.7. The third-order valence-corrected chi connectivity index (χ3v) is 8.61. The number of halogens is 1. The fourth-order valence-electron chi connectivity index (χ4n) is 4.61. The standard InChI is InChI=1S/C29H29FN4O2S/c1-21-11-13-26(14-12-21)37(35,36)34-17-15-33(16-18-34)29-27(19-23-7-4-3-5-8-23)22(2)31-28(32-29)24-9-6-10-25(30)20-24/h3-14,20H,15-19H2,1-2H3. The number of benzene rings is 3. The highest BCUT2D eigenvalue weighted by atomic mass is 32.2. The van der Waals surface area contributed by atoms with Gasteiger partial charge < -0.3 is 4.90 Å². The first kappa shape index (κ1) is 25.0. The Hall–Kier alpha value is -3.62. The Kier molecular flexibility index (Phi) is 7.04. The molecule has 0 spiro atoms. The number of sulfonamides is 1. The maximum atomic E-state index is 14.0. The maximum absolute atomic E-state index is 14.0. The Morgan fingerprint density at radius 1 is 0.838 bits per heavy atom. The van der Waals surface area contributed by atoms with Gasteiger partial charge >= 0.3 is 0 Å². The highest BCUT2D eigenvalue weighted by Crippen LogP contribution is 2.29. The molecule has 3 aromatic carbocycles. The van der Waals surface area contributed by atoms with Gasteiger partial charge in [-0.05, 0) is 43.7 Å². The van der Waals surface area contributed by atoms with Crippen LogP contribution in [0.2, 0.25) is 0 Å². The van der Waals surface area contributed by atoms with Crippen LogP contribution in [0, 0.1) is 19.7 Å². The van der Waals surface area contributed by atoms with Crippen molar-refractivity contribution in [2.45, 2.75) is 25.2 Å². The normalized spacial score (nSPS) is 14.6. The van der Waals surface area contributed by atoms with Gasteiger partial charge in [0.2, 0.25) is 10.0 Å². The Bertz CT molecular complexity index is 1500. The number of hydrogen-bond acceptors (Lipinski definition) is 5. The van der Waals surface area contributed by atoms with E-state index in [1.807, 2.05) is 44.2 Å². The van der Waals surface area contributed by atoms with Gasteiger partial charge in [-0.3, -0.25) is 0 Å². The van der Waals surface area contributed by atoms with Gasteiger partial charge in [-0.15, -0.1) is 0 Å². The van der Waals surface area contributed by atoms with E-state index in [-0.39, 0.29) is 5.82 Å². The Morgan fingerprint density at radius 2 is 1.54 bits per heavy atom. The SMILES string of the molecule is Cc1ccc(S(=O)(=O)N2CCN(c3nc(-c4cccc(F)c4)nc(C)c3Cc3ccccc3)CC2)cc1. The van der Waals surface area contributed by atoms with E-state index < -0.39 is 10.0 Å². The highest BCUT2D eigenvalue weighted by Gasteiger charge is 2.30. The van der Waals surface area contributed by atoms with Gasteiger partial charge in [0, 0.05) is 49.4 Å². The molecule has 1 fully saturated rings. The largest absolute Gasteiger partial charge is 0.354 e. The van der Waals surface area contributed by atoms with Crippen molar-refractivity contribution in [3.05, 3.63) is 107 Å². The van der Waals surface area contributed by atoms with Crippen LogP contribution in [0.3, 0.4) is 0 Å². The van der Waals surface area contributed by atoms with Crippen molar-refractivity contribution in [1.82, 2.24) is 14.3 Å². The summed E-state index contributed by atoms with van der Waals surface area (Å²) >= 11 is 0. The first-order chi connectivity index (χ1) is 17.8. The quantitative estimate of drug-likeness (QED) is 0.361. The average Bonchev–Trinajstić information content (AvgIpc) is 2.90. The van der Waals surface area contributed by atoms with Gasteiger partial charge in [0.05, 0.1) is 4.90 Å². The molecule has 0 N–H and O–H groups in total. The molecule has 0 aliphatic carbocycles. The van der Waals surface area contributed by atoms with Crippen LogP contribution in [0.1, 0.15) is 22.4 Å². The fourth-order valence-corrected chi connectivity index (χ4v) is 6.03. The predicted octanol–water partition coefficient (Wildman–Crippen LogP) is 5.00. The van der Waals surface area contributed by atoms with Crippen LogP contribution in [0.5, 0.6) is 0 Å². The molecule has 0 amide bonds. The third-order valence-electron chi connectivity index (χ3n) is 6.70. The molecule has 0 radical (unpaired) electrons. The van der Waals surface area contributed by atoms with Crippen LogP contribution in [-0.2, 0) is 16.4 Å². The third kappa shape index (κ3) is 5.40. The molecule has 0 atom stereocenters. The summed E-state index contributed by atoms with van der Waals surface area (Å²) in [5.74, 6) is 0.880. The lowest BCUT2D eigenvalue weighted by atomic mass is 10.0. The smallest absolute Gasteiger partial charge is 0.243 e. The van der Waals surface area contributed by atoms with Gasteiger partial charge in [0.15, 0.2) is 5.82 Å². The average molecular weight is 517 g/mol. The first-order valence-electron chi connectivity index (χ1n) is 12.3. The molecule has 1 aliphatic rings. The molecule has 190 valence electrons. The van der Waals surface area contributed by atoms with Crippen molar-refractivity contribution in [1.29, 1.82) is 0 Å². The zero-order chi connectivity index (χ0) is 26.0. The van der Waals surface area contributed by atoms with E-state index >= 15 is 0 Å². The summed E-state index contributed by atoms with van der Waals surface area (Å²) in [7, 11) is -3.57. The second-order valence-corrected chi connectivity index (χ2v) is 11.2. The lowest BCUT2D eigenvalue weighted by Gasteiger charge is -2.36. The molecule has 8 heteroatoms. The number of piperazine rings is 1. The lowest BCUT2D eigenvalue weighted by molar-refractivity contribution is 0.383. The molecule has 0 bridgehead atoms. The summed E-state index contributed by atoms with van der Waals surface area (Å²) in [4.78, 5) is 12.1. The summed E-state index contributed by atoms with van der Waals surface area (Å²) in [5, 5.41) is 0. The lowest BCUT2D eigenvalue weighted by Crippen LogP contribution is -2.49. The minimum Gasteiger partial charge on any atom is -0.354 e. The topological polar surface area (TPSA) is 66.4 Å². The monoisotopic (exact) mass is 516 g/mol. The van der Waals surface area contributed by atoms with E-state index in [9.17, 15) is 12.8 Å². The van der Waals surface area contributed by atoms with Gasteiger partial charge in [-0.2, -0.15) is 4.31 Å². The number of aromatic nitrogens is 2. The van der Waals surface area contributed by atoms with E-state index in [1.165, 1.54) is 16.4 Å². The molecule has 4 aromatic rings. The van der Waals surface area contributed by atoms with E-state index in [4.69, 9.17) is 9.97 Å². The predicted molar refractivity (Wildman–Crippen MR) is 144 cm³/mol. The van der Waals surface area contributed by atoms with Crippen molar-refractivity contribution in [2.75, 3.05) is 31.1 Å². The number of nitrogens with zero attached hydrogens (tertiary/aromatic N) is 4. The number of aryl methyl sites for hydroxylation is 2. The van der Waals surface area contributed by atoms with Gasteiger partial charge in [-0.1, -0.05) is 60.2 Å². The van der Waals surface area contributed by atoms with E-state index in [0.29, 0.717) is 48.9 Å². The summed E-state index contributed by atoms with van der Waals surface area (Å²) in [6.07, 6.45) is 0.646. The van der Waals surface area contributed by atoms with Crippen molar-refractivity contribution in [3.63, 3.8) is 0 Å². The van der Waals surface area contributed by atoms with Crippen LogP contribution >= 0.6 is 0 Å². The van der Waals surface area contributed by atoms with Crippen molar-refractivity contribution >= 4 is 15.8 Å². The molecule has 5 rings (SSSR count). The van der Waals surface area contributed by atoms with Crippen LogP contribution in [0.4, 0.5) is 10.2 Å². The molecule has 37 heavy (non-hydrogen) atoms. The highest BCUT2D eigenvalue weighted by molar-refractivity contribution is 7.89.